The fourth-order valence-corrected chi connectivity index (χ4v) is 4.04. The van der Waals surface area contributed by atoms with Gasteiger partial charge in [-0.25, -0.2) is 4.98 Å². The molecule has 4 rings (SSSR count). The molecule has 0 N–H and O–H groups in total. The minimum Gasteiger partial charge on any atom is -0.357 e. The second-order valence-electron chi connectivity index (χ2n) is 7.29. The Bertz CT molecular complexity index is 792. The van der Waals surface area contributed by atoms with Crippen LogP contribution in [-0.2, 0) is 13.6 Å². The zero-order valence-corrected chi connectivity index (χ0v) is 15.3. The molecule has 2 aromatic heterocycles. The van der Waals surface area contributed by atoms with Crippen LogP contribution in [0.3, 0.4) is 0 Å². The largest absolute Gasteiger partial charge is 0.357 e. The molecule has 7 nitrogen and oxygen atoms in total. The van der Waals surface area contributed by atoms with E-state index in [-0.39, 0.29) is 0 Å². The summed E-state index contributed by atoms with van der Waals surface area (Å²) in [5, 5.41) is 18.0. The van der Waals surface area contributed by atoms with Gasteiger partial charge in [0.15, 0.2) is 0 Å². The number of rotatable bonds is 4. The molecule has 2 fully saturated rings. The van der Waals surface area contributed by atoms with Gasteiger partial charge in [0.05, 0.1) is 18.2 Å². The molecule has 0 bridgehead atoms. The van der Waals surface area contributed by atoms with Crippen molar-refractivity contribution in [2.75, 3.05) is 31.1 Å². The topological polar surface area (TPSA) is 73.9 Å². The molecule has 136 valence electrons. The van der Waals surface area contributed by atoms with Gasteiger partial charge in [0, 0.05) is 32.3 Å². The smallest absolute Gasteiger partial charge is 0.146 e. The van der Waals surface area contributed by atoms with E-state index in [1.807, 2.05) is 6.07 Å². The van der Waals surface area contributed by atoms with Gasteiger partial charge in [-0.05, 0) is 50.9 Å². The van der Waals surface area contributed by atoms with Gasteiger partial charge in [-0.2, -0.15) is 5.26 Å². The highest BCUT2D eigenvalue weighted by molar-refractivity contribution is 5.45. The third-order valence-corrected chi connectivity index (χ3v) is 5.62. The summed E-state index contributed by atoms with van der Waals surface area (Å²) >= 11 is 0. The summed E-state index contributed by atoms with van der Waals surface area (Å²) in [5.41, 5.74) is 0.664. The molecule has 2 saturated heterocycles. The van der Waals surface area contributed by atoms with Crippen molar-refractivity contribution in [3.63, 3.8) is 0 Å². The predicted octanol–water partition coefficient (Wildman–Crippen LogP) is 2.06. The number of likely N-dealkylation sites (tertiary alicyclic amines) is 1. The first kappa shape index (κ1) is 17.0. The Morgan fingerprint density at radius 2 is 1.92 bits per heavy atom. The first-order chi connectivity index (χ1) is 12.7. The molecule has 0 radical (unpaired) electrons. The van der Waals surface area contributed by atoms with E-state index in [4.69, 9.17) is 5.26 Å². The van der Waals surface area contributed by atoms with Crippen molar-refractivity contribution in [1.82, 2.24) is 24.6 Å². The summed E-state index contributed by atoms with van der Waals surface area (Å²) in [5.74, 6) is 3.52. The number of hydrogen-bond acceptors (Lipinski definition) is 6. The molecule has 2 aromatic rings. The highest BCUT2D eigenvalue weighted by Gasteiger charge is 2.26. The van der Waals surface area contributed by atoms with Crippen molar-refractivity contribution in [3.05, 3.63) is 35.5 Å². The fourth-order valence-electron chi connectivity index (χ4n) is 4.04. The maximum atomic E-state index is 9.07. The monoisotopic (exact) mass is 351 g/mol. The van der Waals surface area contributed by atoms with Crippen LogP contribution in [0.5, 0.6) is 0 Å². The number of anilines is 1. The zero-order chi connectivity index (χ0) is 17.9. The molecule has 7 heteroatoms. The van der Waals surface area contributed by atoms with Crippen LogP contribution in [0.25, 0.3) is 0 Å². The van der Waals surface area contributed by atoms with E-state index in [0.717, 1.165) is 49.9 Å². The second-order valence-corrected chi connectivity index (χ2v) is 7.29. The SMILES string of the molecule is Cn1c(CN2CCCC2)nnc1C1CCN(c2cc(C#N)ccn2)CC1. The van der Waals surface area contributed by atoms with Crippen molar-refractivity contribution in [3.8, 4) is 6.07 Å². The molecular formula is C19H25N7. The normalized spacial score (nSPS) is 19.0. The molecule has 0 spiro atoms. The van der Waals surface area contributed by atoms with E-state index in [0.29, 0.717) is 11.5 Å². The Kier molecular flexibility index (Phi) is 4.85. The van der Waals surface area contributed by atoms with E-state index in [9.17, 15) is 0 Å². The Morgan fingerprint density at radius 1 is 1.15 bits per heavy atom. The molecule has 26 heavy (non-hydrogen) atoms. The Hall–Kier alpha value is -2.46. The lowest BCUT2D eigenvalue weighted by molar-refractivity contribution is 0.317. The number of piperidine rings is 1. The Balaban J connectivity index is 1.40. The van der Waals surface area contributed by atoms with E-state index in [2.05, 4.69) is 42.7 Å². The van der Waals surface area contributed by atoms with Gasteiger partial charge >= 0.3 is 0 Å². The molecular weight excluding hydrogens is 326 g/mol. The molecule has 0 aliphatic carbocycles. The Morgan fingerprint density at radius 3 is 2.65 bits per heavy atom. The lowest BCUT2D eigenvalue weighted by atomic mass is 9.96. The summed E-state index contributed by atoms with van der Waals surface area (Å²) in [7, 11) is 2.10. The number of nitrogens with zero attached hydrogens (tertiary/aromatic N) is 7. The zero-order valence-electron chi connectivity index (χ0n) is 15.3. The molecule has 0 atom stereocenters. The lowest BCUT2D eigenvalue weighted by Gasteiger charge is -2.32. The average Bonchev–Trinajstić information content (AvgIpc) is 3.33. The van der Waals surface area contributed by atoms with Gasteiger partial charge in [-0.15, -0.1) is 10.2 Å². The molecule has 4 heterocycles. The molecule has 0 saturated carbocycles. The van der Waals surface area contributed by atoms with Crippen LogP contribution in [0.4, 0.5) is 5.82 Å². The first-order valence-corrected chi connectivity index (χ1v) is 9.46. The van der Waals surface area contributed by atoms with Crippen LogP contribution in [0.2, 0.25) is 0 Å². The van der Waals surface area contributed by atoms with Crippen LogP contribution in [0.15, 0.2) is 18.3 Å². The Labute approximate surface area is 154 Å². The van der Waals surface area contributed by atoms with Crippen molar-refractivity contribution >= 4 is 5.82 Å². The van der Waals surface area contributed by atoms with Crippen LogP contribution in [0, 0.1) is 11.3 Å². The molecule has 2 aliphatic heterocycles. The molecule has 0 aromatic carbocycles. The van der Waals surface area contributed by atoms with E-state index in [1.165, 1.54) is 25.9 Å². The number of pyridine rings is 1. The van der Waals surface area contributed by atoms with Gasteiger partial charge in [0.25, 0.3) is 0 Å². The van der Waals surface area contributed by atoms with Crippen molar-refractivity contribution in [2.45, 2.75) is 38.1 Å². The fraction of sp³-hybridized carbons (Fsp3) is 0.579. The maximum absolute atomic E-state index is 9.07. The lowest BCUT2D eigenvalue weighted by Crippen LogP contribution is -2.34. The van der Waals surface area contributed by atoms with Crippen molar-refractivity contribution in [2.24, 2.45) is 7.05 Å². The number of nitriles is 1. The highest BCUT2D eigenvalue weighted by Crippen LogP contribution is 2.29. The summed E-state index contributed by atoms with van der Waals surface area (Å²) in [6.45, 7) is 5.12. The predicted molar refractivity (Wildman–Crippen MR) is 98.7 cm³/mol. The average molecular weight is 351 g/mol. The summed E-state index contributed by atoms with van der Waals surface area (Å²) < 4.78 is 2.20. The first-order valence-electron chi connectivity index (χ1n) is 9.46. The maximum Gasteiger partial charge on any atom is 0.146 e. The van der Waals surface area contributed by atoms with Crippen molar-refractivity contribution in [1.29, 1.82) is 5.26 Å². The molecule has 0 amide bonds. The van der Waals surface area contributed by atoms with Crippen molar-refractivity contribution < 1.29 is 0 Å². The van der Waals surface area contributed by atoms with E-state index >= 15 is 0 Å². The van der Waals surface area contributed by atoms with Gasteiger partial charge < -0.3 is 9.47 Å². The second kappa shape index (κ2) is 7.42. The molecule has 0 unspecified atom stereocenters. The highest BCUT2D eigenvalue weighted by atomic mass is 15.3. The third-order valence-electron chi connectivity index (χ3n) is 5.62. The van der Waals surface area contributed by atoms with E-state index in [1.54, 1.807) is 12.3 Å². The summed E-state index contributed by atoms with van der Waals surface area (Å²) in [6.07, 6.45) is 6.38. The minimum absolute atomic E-state index is 0.440. The summed E-state index contributed by atoms with van der Waals surface area (Å²) in [6, 6.07) is 5.81. The van der Waals surface area contributed by atoms with Gasteiger partial charge in [0.2, 0.25) is 0 Å². The van der Waals surface area contributed by atoms with Gasteiger partial charge in [-0.3, -0.25) is 4.90 Å². The van der Waals surface area contributed by atoms with E-state index < -0.39 is 0 Å². The standard InChI is InChI=1S/C19H25N7/c1-24-18(14-25-8-2-3-9-25)22-23-19(24)16-5-10-26(11-6-16)17-12-15(13-20)4-7-21-17/h4,7,12,16H,2-3,5-6,8-11,14H2,1H3. The van der Waals surface area contributed by atoms with Crippen LogP contribution < -0.4 is 4.90 Å². The number of hydrogen-bond donors (Lipinski definition) is 0. The molecule has 2 aliphatic rings. The van der Waals surface area contributed by atoms with Crippen LogP contribution >= 0.6 is 0 Å². The van der Waals surface area contributed by atoms with Crippen LogP contribution in [-0.4, -0.2) is 50.8 Å². The number of aromatic nitrogens is 4. The minimum atomic E-state index is 0.440. The third kappa shape index (κ3) is 3.42. The summed E-state index contributed by atoms with van der Waals surface area (Å²) in [4.78, 5) is 9.15. The van der Waals surface area contributed by atoms with Gasteiger partial charge in [-0.1, -0.05) is 0 Å². The quantitative estimate of drug-likeness (QED) is 0.839. The van der Waals surface area contributed by atoms with Crippen LogP contribution in [0.1, 0.15) is 48.8 Å². The van der Waals surface area contributed by atoms with Gasteiger partial charge in [0.1, 0.15) is 17.5 Å².